The Kier molecular flexibility index (Phi) is 7.54. The van der Waals surface area contributed by atoms with Gasteiger partial charge in [0, 0.05) is 18.2 Å². The van der Waals surface area contributed by atoms with Crippen LogP contribution in [-0.2, 0) is 11.3 Å². The van der Waals surface area contributed by atoms with Crippen molar-refractivity contribution in [2.75, 3.05) is 20.2 Å². The van der Waals surface area contributed by atoms with Gasteiger partial charge in [-0.2, -0.15) is 4.98 Å². The Hall–Kier alpha value is -2.89. The average molecular weight is 508 g/mol. The zero-order chi connectivity index (χ0) is 24.2. The number of thiophene rings is 1. The fourth-order valence-corrected chi connectivity index (χ4v) is 5.00. The van der Waals surface area contributed by atoms with Gasteiger partial charge in [-0.1, -0.05) is 16.8 Å². The lowest BCUT2D eigenvalue weighted by molar-refractivity contribution is 0.0547. The number of ether oxygens (including phenoxy) is 2. The van der Waals surface area contributed by atoms with Crippen LogP contribution in [0.25, 0.3) is 10.6 Å². The van der Waals surface area contributed by atoms with Crippen LogP contribution in [-0.4, -0.2) is 64.0 Å². The molecule has 1 fully saturated rings. The molecule has 0 spiro atoms. The molecule has 1 aliphatic heterocycles. The van der Waals surface area contributed by atoms with E-state index >= 15 is 0 Å². The standard InChI is InChI=1S/C22H26ClN5O5S/c1-13(2)28(15-6-8-24-9-7-15)21(29)20-25-19(32-22(30)31-3)12-27(20)11-14-10-16(33-26-14)17-4-5-18(23)34-17/h4-5,10,12-13,15,24H,6-9,11H2,1-3H3. The summed E-state index contributed by atoms with van der Waals surface area (Å²) in [4.78, 5) is 32.4. The van der Waals surface area contributed by atoms with Gasteiger partial charge in [-0.05, 0) is 51.9 Å². The van der Waals surface area contributed by atoms with Crippen molar-refractivity contribution in [3.8, 4) is 16.5 Å². The second-order valence-electron chi connectivity index (χ2n) is 8.16. The second kappa shape index (κ2) is 10.6. The summed E-state index contributed by atoms with van der Waals surface area (Å²) in [6.07, 6.45) is 2.28. The van der Waals surface area contributed by atoms with E-state index in [1.54, 1.807) is 16.7 Å². The summed E-state index contributed by atoms with van der Waals surface area (Å²) in [5, 5.41) is 7.45. The van der Waals surface area contributed by atoms with E-state index in [1.807, 2.05) is 24.8 Å². The molecular formula is C22H26ClN5O5S. The van der Waals surface area contributed by atoms with Crippen LogP contribution in [0.1, 0.15) is 43.0 Å². The van der Waals surface area contributed by atoms with Gasteiger partial charge in [0.05, 0.1) is 29.1 Å². The van der Waals surface area contributed by atoms with E-state index in [0.29, 0.717) is 15.8 Å². The third-order valence-electron chi connectivity index (χ3n) is 5.50. The van der Waals surface area contributed by atoms with Crippen LogP contribution >= 0.6 is 22.9 Å². The molecule has 1 N–H and O–H groups in total. The monoisotopic (exact) mass is 507 g/mol. The Morgan fingerprint density at radius 3 is 2.76 bits per heavy atom. The Labute approximate surface area is 205 Å². The van der Waals surface area contributed by atoms with Crippen molar-refractivity contribution in [1.29, 1.82) is 0 Å². The smallest absolute Gasteiger partial charge is 0.437 e. The molecule has 0 bridgehead atoms. The minimum Gasteiger partial charge on any atom is -0.437 e. The minimum absolute atomic E-state index is 0.0297. The normalized spacial score (nSPS) is 14.4. The van der Waals surface area contributed by atoms with Crippen molar-refractivity contribution in [1.82, 2.24) is 24.9 Å². The molecule has 3 aromatic heterocycles. The highest BCUT2D eigenvalue weighted by atomic mass is 35.5. The number of carbonyl (C=O) groups excluding carboxylic acids is 2. The third-order valence-corrected chi connectivity index (χ3v) is 6.75. The van der Waals surface area contributed by atoms with Crippen LogP contribution in [0.4, 0.5) is 4.79 Å². The van der Waals surface area contributed by atoms with E-state index in [2.05, 4.69) is 20.2 Å². The molecule has 0 aliphatic carbocycles. The van der Waals surface area contributed by atoms with Crippen LogP contribution in [0.2, 0.25) is 4.34 Å². The maximum atomic E-state index is 13.7. The molecule has 0 radical (unpaired) electrons. The van der Waals surface area contributed by atoms with E-state index < -0.39 is 6.16 Å². The fraction of sp³-hybridized carbons (Fsp3) is 0.455. The summed E-state index contributed by atoms with van der Waals surface area (Å²) in [5.74, 6) is 0.452. The number of rotatable bonds is 7. The zero-order valence-electron chi connectivity index (χ0n) is 19.1. The average Bonchev–Trinajstić information content (AvgIpc) is 3.55. The molecule has 0 atom stereocenters. The first kappa shape index (κ1) is 24.2. The van der Waals surface area contributed by atoms with Crippen LogP contribution in [0.15, 0.2) is 28.9 Å². The molecule has 0 aromatic carbocycles. The van der Waals surface area contributed by atoms with Crippen molar-refractivity contribution < 1.29 is 23.6 Å². The molecule has 3 aromatic rings. The largest absolute Gasteiger partial charge is 0.514 e. The number of methoxy groups -OCH3 is 1. The van der Waals surface area contributed by atoms with Crippen molar-refractivity contribution in [2.45, 2.75) is 45.3 Å². The van der Waals surface area contributed by atoms with Gasteiger partial charge in [-0.3, -0.25) is 4.79 Å². The lowest BCUT2D eigenvalue weighted by atomic mass is 10.0. The number of hydrogen-bond acceptors (Lipinski definition) is 9. The predicted molar refractivity (Wildman–Crippen MR) is 126 cm³/mol. The van der Waals surface area contributed by atoms with Crippen molar-refractivity contribution in [3.63, 3.8) is 0 Å². The van der Waals surface area contributed by atoms with Crippen LogP contribution in [0, 0.1) is 0 Å². The highest BCUT2D eigenvalue weighted by Crippen LogP contribution is 2.31. The van der Waals surface area contributed by atoms with E-state index in [9.17, 15) is 9.59 Å². The van der Waals surface area contributed by atoms with Gasteiger partial charge in [0.1, 0.15) is 5.69 Å². The van der Waals surface area contributed by atoms with Gasteiger partial charge in [0.2, 0.25) is 11.7 Å². The molecule has 34 heavy (non-hydrogen) atoms. The van der Waals surface area contributed by atoms with Crippen LogP contribution in [0.3, 0.4) is 0 Å². The number of amides is 1. The number of hydrogen-bond donors (Lipinski definition) is 1. The van der Waals surface area contributed by atoms with Gasteiger partial charge in [-0.25, -0.2) is 4.79 Å². The van der Waals surface area contributed by atoms with E-state index in [1.165, 1.54) is 24.6 Å². The molecule has 182 valence electrons. The fourth-order valence-electron chi connectivity index (χ4n) is 4.01. The predicted octanol–water partition coefficient (Wildman–Crippen LogP) is 4.05. The lowest BCUT2D eigenvalue weighted by Gasteiger charge is -2.37. The maximum Gasteiger partial charge on any atom is 0.514 e. The van der Waals surface area contributed by atoms with Gasteiger partial charge < -0.3 is 28.8 Å². The molecule has 1 saturated heterocycles. The van der Waals surface area contributed by atoms with Gasteiger partial charge in [0.15, 0.2) is 5.76 Å². The molecule has 10 nitrogen and oxygen atoms in total. The SMILES string of the molecule is COC(=O)Oc1cn(Cc2cc(-c3ccc(Cl)s3)on2)c(C(=O)N(C(C)C)C2CCNCC2)n1. The molecule has 4 heterocycles. The first-order chi connectivity index (χ1) is 16.4. The zero-order valence-corrected chi connectivity index (χ0v) is 20.7. The van der Waals surface area contributed by atoms with E-state index in [-0.39, 0.29) is 36.2 Å². The number of nitrogens with zero attached hydrogens (tertiary/aromatic N) is 4. The Bertz CT molecular complexity index is 1150. The quantitative estimate of drug-likeness (QED) is 0.477. The van der Waals surface area contributed by atoms with Gasteiger partial charge in [-0.15, -0.1) is 11.3 Å². The summed E-state index contributed by atoms with van der Waals surface area (Å²) >= 11 is 7.40. The summed E-state index contributed by atoms with van der Waals surface area (Å²) < 4.78 is 17.4. The summed E-state index contributed by atoms with van der Waals surface area (Å²) in [7, 11) is 1.21. The minimum atomic E-state index is -0.916. The summed E-state index contributed by atoms with van der Waals surface area (Å²) in [5.41, 5.74) is 0.577. The number of halogens is 1. The van der Waals surface area contributed by atoms with Gasteiger partial charge in [0.25, 0.3) is 5.91 Å². The number of nitrogens with one attached hydrogen (secondary N) is 1. The van der Waals surface area contributed by atoms with Crippen LogP contribution in [0.5, 0.6) is 5.88 Å². The number of carbonyl (C=O) groups is 2. The molecule has 0 unspecified atom stereocenters. The topological polar surface area (TPSA) is 112 Å². The molecule has 12 heteroatoms. The number of imidazole rings is 1. The van der Waals surface area contributed by atoms with Gasteiger partial charge >= 0.3 is 6.16 Å². The Morgan fingerprint density at radius 2 is 2.12 bits per heavy atom. The highest BCUT2D eigenvalue weighted by Gasteiger charge is 2.32. The molecular weight excluding hydrogens is 482 g/mol. The summed E-state index contributed by atoms with van der Waals surface area (Å²) in [6, 6.07) is 5.48. The third kappa shape index (κ3) is 5.43. The van der Waals surface area contributed by atoms with E-state index in [4.69, 9.17) is 20.9 Å². The van der Waals surface area contributed by atoms with Crippen LogP contribution < -0.4 is 10.1 Å². The number of aromatic nitrogens is 3. The maximum absolute atomic E-state index is 13.7. The van der Waals surface area contributed by atoms with Crippen molar-refractivity contribution in [3.05, 3.63) is 40.3 Å². The summed E-state index contributed by atoms with van der Waals surface area (Å²) in [6.45, 7) is 5.85. The van der Waals surface area contributed by atoms with Crippen molar-refractivity contribution >= 4 is 35.0 Å². The molecule has 1 aliphatic rings. The first-order valence-electron chi connectivity index (χ1n) is 10.9. The number of piperidine rings is 1. The highest BCUT2D eigenvalue weighted by molar-refractivity contribution is 7.19. The Balaban J connectivity index is 1.64. The molecule has 1 amide bonds. The lowest BCUT2D eigenvalue weighted by Crippen LogP contribution is -2.50. The second-order valence-corrected chi connectivity index (χ2v) is 9.88. The Morgan fingerprint density at radius 1 is 1.35 bits per heavy atom. The van der Waals surface area contributed by atoms with E-state index in [0.717, 1.165) is 30.8 Å². The first-order valence-corrected chi connectivity index (χ1v) is 12.1. The molecule has 4 rings (SSSR count). The molecule has 0 saturated carbocycles. The van der Waals surface area contributed by atoms with Crippen molar-refractivity contribution in [2.24, 2.45) is 0 Å².